The van der Waals surface area contributed by atoms with Crippen LogP contribution < -0.4 is 9.47 Å². The van der Waals surface area contributed by atoms with Crippen LogP contribution in [0.5, 0.6) is 11.5 Å². The monoisotopic (exact) mass is 252 g/mol. The van der Waals surface area contributed by atoms with Crippen molar-refractivity contribution in [3.63, 3.8) is 0 Å². The van der Waals surface area contributed by atoms with Gasteiger partial charge in [-0.3, -0.25) is 0 Å². The van der Waals surface area contributed by atoms with E-state index in [0.717, 1.165) is 33.9 Å². The van der Waals surface area contributed by atoms with Crippen LogP contribution in [0.3, 0.4) is 0 Å². The summed E-state index contributed by atoms with van der Waals surface area (Å²) in [5.74, 6) is 2.39. The Labute approximate surface area is 110 Å². The molecule has 0 spiro atoms. The summed E-state index contributed by atoms with van der Waals surface area (Å²) in [7, 11) is 0. The molecule has 1 aliphatic rings. The van der Waals surface area contributed by atoms with Gasteiger partial charge in [-0.1, -0.05) is 23.8 Å². The lowest BCUT2D eigenvalue weighted by atomic mass is 10.1. The molecule has 0 fully saturated rings. The van der Waals surface area contributed by atoms with Gasteiger partial charge in [0.05, 0.1) is 11.0 Å². The summed E-state index contributed by atoms with van der Waals surface area (Å²) < 4.78 is 10.7. The van der Waals surface area contributed by atoms with Gasteiger partial charge >= 0.3 is 0 Å². The predicted molar refractivity (Wildman–Crippen MR) is 72.4 cm³/mol. The Bertz CT molecular complexity index is 736. The molecule has 0 saturated heterocycles. The smallest absolute Gasteiger partial charge is 0.231 e. The van der Waals surface area contributed by atoms with Gasteiger partial charge in [-0.15, -0.1) is 0 Å². The van der Waals surface area contributed by atoms with Crippen molar-refractivity contribution in [2.45, 2.75) is 6.92 Å². The van der Waals surface area contributed by atoms with Crippen molar-refractivity contribution >= 4 is 11.0 Å². The summed E-state index contributed by atoms with van der Waals surface area (Å²) in [6, 6.07) is 12.1. The topological polar surface area (TPSA) is 47.1 Å². The fourth-order valence-corrected chi connectivity index (χ4v) is 2.33. The average Bonchev–Trinajstić information content (AvgIpc) is 3.00. The van der Waals surface area contributed by atoms with Gasteiger partial charge in [0.2, 0.25) is 6.79 Å². The summed E-state index contributed by atoms with van der Waals surface area (Å²) in [4.78, 5) is 7.93. The Balaban J connectivity index is 1.88. The highest BCUT2D eigenvalue weighted by atomic mass is 16.7. The third-order valence-corrected chi connectivity index (χ3v) is 3.27. The molecule has 1 N–H and O–H groups in total. The Hall–Kier alpha value is -2.49. The number of rotatable bonds is 1. The number of fused-ring (bicyclic) bond motifs is 2. The van der Waals surface area contributed by atoms with Crippen molar-refractivity contribution in [3.05, 3.63) is 42.0 Å². The number of benzene rings is 2. The van der Waals surface area contributed by atoms with E-state index in [2.05, 4.69) is 29.0 Å². The molecule has 1 aliphatic heterocycles. The van der Waals surface area contributed by atoms with Gasteiger partial charge in [-0.2, -0.15) is 0 Å². The van der Waals surface area contributed by atoms with Crippen LogP contribution in [0.1, 0.15) is 5.56 Å². The first kappa shape index (κ1) is 10.4. The molecule has 0 saturated carbocycles. The quantitative estimate of drug-likeness (QED) is 0.723. The number of aromatic amines is 1. The number of aryl methyl sites for hydroxylation is 1. The molecule has 2 aromatic carbocycles. The minimum Gasteiger partial charge on any atom is -0.454 e. The largest absolute Gasteiger partial charge is 0.454 e. The second-order valence-corrected chi connectivity index (χ2v) is 4.68. The van der Waals surface area contributed by atoms with Gasteiger partial charge in [0, 0.05) is 17.7 Å². The van der Waals surface area contributed by atoms with Crippen LogP contribution in [0.4, 0.5) is 0 Å². The molecular weight excluding hydrogens is 240 g/mol. The first-order valence-corrected chi connectivity index (χ1v) is 6.16. The predicted octanol–water partition coefficient (Wildman–Crippen LogP) is 3.27. The normalized spacial score (nSPS) is 13.1. The van der Waals surface area contributed by atoms with E-state index in [1.165, 1.54) is 5.56 Å². The van der Waals surface area contributed by atoms with Crippen LogP contribution in [0.15, 0.2) is 36.4 Å². The third-order valence-electron chi connectivity index (χ3n) is 3.27. The molecule has 0 aliphatic carbocycles. The van der Waals surface area contributed by atoms with E-state index in [1.54, 1.807) is 0 Å². The highest BCUT2D eigenvalue weighted by Gasteiger charge is 2.16. The van der Waals surface area contributed by atoms with Crippen molar-refractivity contribution in [3.8, 4) is 22.9 Å². The molecule has 0 radical (unpaired) electrons. The number of ether oxygens (including phenoxy) is 2. The molecule has 4 heteroatoms. The highest BCUT2D eigenvalue weighted by molar-refractivity contribution is 5.83. The molecule has 2 heterocycles. The molecular formula is C15H12N2O2. The van der Waals surface area contributed by atoms with Gasteiger partial charge in [0.1, 0.15) is 5.82 Å². The fraction of sp³-hybridized carbons (Fsp3) is 0.133. The molecule has 4 nitrogen and oxygen atoms in total. The van der Waals surface area contributed by atoms with Crippen LogP contribution in [0, 0.1) is 6.92 Å². The Morgan fingerprint density at radius 1 is 1.11 bits per heavy atom. The van der Waals surface area contributed by atoms with Gasteiger partial charge in [-0.25, -0.2) is 4.98 Å². The number of hydrogen-bond acceptors (Lipinski definition) is 3. The van der Waals surface area contributed by atoms with E-state index < -0.39 is 0 Å². The second-order valence-electron chi connectivity index (χ2n) is 4.68. The lowest BCUT2D eigenvalue weighted by Crippen LogP contribution is -1.92. The minimum atomic E-state index is 0.284. The molecule has 0 bridgehead atoms. The van der Waals surface area contributed by atoms with Gasteiger partial charge in [0.15, 0.2) is 11.5 Å². The van der Waals surface area contributed by atoms with Crippen LogP contribution in [-0.4, -0.2) is 16.8 Å². The molecule has 4 rings (SSSR count). The first-order chi connectivity index (χ1) is 9.29. The van der Waals surface area contributed by atoms with E-state index >= 15 is 0 Å². The zero-order valence-corrected chi connectivity index (χ0v) is 10.4. The van der Waals surface area contributed by atoms with E-state index in [0.29, 0.717) is 0 Å². The SMILES string of the molecule is Cc1cccc(-c2nc3cc4c(cc3[nH]2)OCO4)c1. The number of H-pyrrole nitrogens is 1. The zero-order valence-electron chi connectivity index (χ0n) is 10.4. The standard InChI is InChI=1S/C15H12N2O2/c1-9-3-2-4-10(5-9)15-16-11-6-13-14(19-8-18-13)7-12(11)17-15/h2-7H,8H2,1H3,(H,16,17). The summed E-state index contributed by atoms with van der Waals surface area (Å²) >= 11 is 0. The second kappa shape index (κ2) is 3.75. The minimum absolute atomic E-state index is 0.284. The molecule has 19 heavy (non-hydrogen) atoms. The maximum Gasteiger partial charge on any atom is 0.231 e. The summed E-state index contributed by atoms with van der Waals surface area (Å²) in [6.07, 6.45) is 0. The van der Waals surface area contributed by atoms with Gasteiger partial charge in [0.25, 0.3) is 0 Å². The lowest BCUT2D eigenvalue weighted by Gasteiger charge is -1.97. The van der Waals surface area contributed by atoms with Gasteiger partial charge < -0.3 is 14.5 Å². The maximum atomic E-state index is 5.37. The van der Waals surface area contributed by atoms with E-state index in [-0.39, 0.29) is 6.79 Å². The number of aromatic nitrogens is 2. The van der Waals surface area contributed by atoms with Crippen LogP contribution in [0.2, 0.25) is 0 Å². The molecule has 94 valence electrons. The van der Waals surface area contributed by atoms with Gasteiger partial charge in [-0.05, 0) is 13.0 Å². The summed E-state index contributed by atoms with van der Waals surface area (Å²) in [5.41, 5.74) is 4.15. The number of imidazole rings is 1. The van der Waals surface area contributed by atoms with Crippen LogP contribution in [-0.2, 0) is 0 Å². The summed E-state index contributed by atoms with van der Waals surface area (Å²) in [5, 5.41) is 0. The Kier molecular flexibility index (Phi) is 2.06. The summed E-state index contributed by atoms with van der Waals surface area (Å²) in [6.45, 7) is 2.36. The number of nitrogens with one attached hydrogen (secondary N) is 1. The molecule has 0 unspecified atom stereocenters. The van der Waals surface area contributed by atoms with Crippen LogP contribution >= 0.6 is 0 Å². The highest BCUT2D eigenvalue weighted by Crippen LogP contribution is 2.36. The molecule has 0 atom stereocenters. The Morgan fingerprint density at radius 3 is 2.79 bits per heavy atom. The van der Waals surface area contributed by atoms with E-state index in [9.17, 15) is 0 Å². The van der Waals surface area contributed by atoms with Crippen molar-refractivity contribution < 1.29 is 9.47 Å². The van der Waals surface area contributed by atoms with Crippen molar-refractivity contribution in [2.75, 3.05) is 6.79 Å². The maximum absolute atomic E-state index is 5.37. The van der Waals surface area contributed by atoms with Crippen LogP contribution in [0.25, 0.3) is 22.4 Å². The molecule has 1 aromatic heterocycles. The fourth-order valence-electron chi connectivity index (χ4n) is 2.33. The number of nitrogens with zero attached hydrogens (tertiary/aromatic N) is 1. The van der Waals surface area contributed by atoms with E-state index in [4.69, 9.17) is 9.47 Å². The third kappa shape index (κ3) is 1.64. The zero-order chi connectivity index (χ0) is 12.8. The van der Waals surface area contributed by atoms with Crippen molar-refractivity contribution in [1.29, 1.82) is 0 Å². The van der Waals surface area contributed by atoms with Crippen molar-refractivity contribution in [2.24, 2.45) is 0 Å². The Morgan fingerprint density at radius 2 is 1.95 bits per heavy atom. The average molecular weight is 252 g/mol. The van der Waals surface area contributed by atoms with E-state index in [1.807, 2.05) is 24.3 Å². The molecule has 3 aromatic rings. The number of hydrogen-bond donors (Lipinski definition) is 1. The van der Waals surface area contributed by atoms with Crippen molar-refractivity contribution in [1.82, 2.24) is 9.97 Å². The molecule has 0 amide bonds. The first-order valence-electron chi connectivity index (χ1n) is 6.16. The lowest BCUT2D eigenvalue weighted by molar-refractivity contribution is 0.174.